The Bertz CT molecular complexity index is 880. The summed E-state index contributed by atoms with van der Waals surface area (Å²) >= 11 is 0. The molecular formula is C21H31N3O13. The standard InChI is InChI=1S/C21H31N3O13/c1-3-4-5-22-14(27)9-35-23-7-12-15(24-10(2)25)11(26)6-21(37-12,20(32)33)34-8-13-16(28)17(29)18(30)19(31)36-13/h1,7,11-13,15-19,26,28-31H,4-6,8-9H2,2H3,(H,22,27)(H,24,25)(H,32,33)/b23-7+. The van der Waals surface area contributed by atoms with Crippen LogP contribution in [0.4, 0.5) is 0 Å². The maximum atomic E-state index is 12.1. The van der Waals surface area contributed by atoms with E-state index in [1.54, 1.807) is 0 Å². The average Bonchev–Trinajstić information content (AvgIpc) is 2.83. The number of carbonyl (C=O) groups excluding carboxylic acids is 2. The van der Waals surface area contributed by atoms with Crippen molar-refractivity contribution < 1.29 is 64.1 Å². The number of rotatable bonds is 11. The van der Waals surface area contributed by atoms with E-state index in [1.807, 2.05) is 0 Å². The number of carboxylic acids is 1. The molecule has 2 fully saturated rings. The number of oxime groups is 1. The zero-order chi connectivity index (χ0) is 27.8. The van der Waals surface area contributed by atoms with Crippen molar-refractivity contribution in [1.29, 1.82) is 0 Å². The first kappa shape index (κ1) is 30.3. The highest BCUT2D eigenvalue weighted by Gasteiger charge is 2.54. The summed E-state index contributed by atoms with van der Waals surface area (Å²) in [6.07, 6.45) is -6.16. The van der Waals surface area contributed by atoms with E-state index < -0.39 is 92.2 Å². The topological polar surface area (TPSA) is 246 Å². The number of nitrogens with zero attached hydrogens (tertiary/aromatic N) is 1. The molecule has 0 bridgehead atoms. The Morgan fingerprint density at radius 1 is 1.19 bits per heavy atom. The number of aliphatic carboxylic acids is 1. The number of amides is 2. The SMILES string of the molecule is C#CCCNC(=O)CO/N=C/C1OC(OCC2OC(O)C(O)C(O)C2O)(C(=O)O)CC(O)C1NC(C)=O. The Balaban J connectivity index is 2.14. The lowest BCUT2D eigenvalue weighted by Gasteiger charge is -2.44. The number of ether oxygens (including phenoxy) is 3. The van der Waals surface area contributed by atoms with Crippen molar-refractivity contribution in [3.63, 3.8) is 0 Å². The van der Waals surface area contributed by atoms with Crippen LogP contribution in [-0.4, -0.2) is 129 Å². The van der Waals surface area contributed by atoms with Gasteiger partial charge in [0.25, 0.3) is 11.7 Å². The third-order valence-electron chi connectivity index (χ3n) is 5.51. The third kappa shape index (κ3) is 8.05. The molecule has 0 spiro atoms. The Morgan fingerprint density at radius 2 is 1.89 bits per heavy atom. The summed E-state index contributed by atoms with van der Waals surface area (Å²) in [7, 11) is 0. The summed E-state index contributed by atoms with van der Waals surface area (Å²) < 4.78 is 15.9. The number of aliphatic hydroxyl groups is 5. The van der Waals surface area contributed by atoms with Gasteiger partial charge >= 0.3 is 5.97 Å². The van der Waals surface area contributed by atoms with Crippen molar-refractivity contribution >= 4 is 24.0 Å². The first-order valence-corrected chi connectivity index (χ1v) is 11.2. The van der Waals surface area contributed by atoms with Gasteiger partial charge in [-0.05, 0) is 0 Å². The molecule has 0 aromatic rings. The molecule has 0 saturated carbocycles. The minimum Gasteiger partial charge on any atom is -0.477 e. The van der Waals surface area contributed by atoms with E-state index in [-0.39, 0.29) is 6.54 Å². The fraction of sp³-hybridized carbons (Fsp3) is 0.714. The van der Waals surface area contributed by atoms with Crippen LogP contribution in [0.5, 0.6) is 0 Å². The molecule has 2 rings (SSSR count). The molecule has 0 aliphatic carbocycles. The molecule has 16 nitrogen and oxygen atoms in total. The van der Waals surface area contributed by atoms with Crippen molar-refractivity contribution in [3.05, 3.63) is 0 Å². The normalized spacial score (nSPS) is 35.9. The molecule has 2 aliphatic rings. The van der Waals surface area contributed by atoms with Crippen LogP contribution >= 0.6 is 0 Å². The lowest BCUT2D eigenvalue weighted by atomic mass is 9.93. The Hall–Kier alpha value is -2.88. The van der Waals surface area contributed by atoms with Gasteiger partial charge in [-0.1, -0.05) is 5.16 Å². The van der Waals surface area contributed by atoms with Crippen molar-refractivity contribution in [3.8, 4) is 12.3 Å². The van der Waals surface area contributed by atoms with Gasteiger partial charge in [0.1, 0.15) is 30.5 Å². The summed E-state index contributed by atoms with van der Waals surface area (Å²) in [5.74, 6) is -3.05. The van der Waals surface area contributed by atoms with E-state index in [2.05, 4.69) is 21.7 Å². The van der Waals surface area contributed by atoms with Crippen LogP contribution in [0.2, 0.25) is 0 Å². The van der Waals surface area contributed by atoms with Gasteiger partial charge in [-0.25, -0.2) is 4.79 Å². The van der Waals surface area contributed by atoms with Crippen molar-refractivity contribution in [1.82, 2.24) is 10.6 Å². The van der Waals surface area contributed by atoms with Gasteiger partial charge in [0, 0.05) is 26.3 Å². The average molecular weight is 533 g/mol. The molecule has 2 saturated heterocycles. The molecule has 0 radical (unpaired) electrons. The van der Waals surface area contributed by atoms with Crippen LogP contribution in [0.1, 0.15) is 19.8 Å². The monoisotopic (exact) mass is 533 g/mol. The Labute approximate surface area is 211 Å². The van der Waals surface area contributed by atoms with Crippen LogP contribution < -0.4 is 10.6 Å². The number of aliphatic hydroxyl groups excluding tert-OH is 5. The summed E-state index contributed by atoms with van der Waals surface area (Å²) in [5, 5.41) is 68.1. The maximum absolute atomic E-state index is 12.1. The fourth-order valence-electron chi connectivity index (χ4n) is 3.60. The van der Waals surface area contributed by atoms with Gasteiger partial charge < -0.3 is 60.3 Å². The summed E-state index contributed by atoms with van der Waals surface area (Å²) in [6, 6.07) is -1.19. The maximum Gasteiger partial charge on any atom is 0.364 e. The molecule has 208 valence electrons. The first-order chi connectivity index (χ1) is 17.4. The van der Waals surface area contributed by atoms with Gasteiger partial charge in [0.15, 0.2) is 12.9 Å². The van der Waals surface area contributed by atoms with E-state index in [1.165, 1.54) is 0 Å². The van der Waals surface area contributed by atoms with E-state index in [4.69, 9.17) is 25.5 Å². The number of hydrogen-bond acceptors (Lipinski definition) is 13. The number of hydrogen-bond donors (Lipinski definition) is 8. The van der Waals surface area contributed by atoms with Gasteiger partial charge in [0.05, 0.1) is 25.0 Å². The molecule has 16 heteroatoms. The second kappa shape index (κ2) is 13.6. The van der Waals surface area contributed by atoms with Gasteiger partial charge in [-0.15, -0.1) is 12.3 Å². The highest BCUT2D eigenvalue weighted by molar-refractivity contribution is 5.79. The number of carboxylic acid groups (broad SMARTS) is 1. The predicted octanol–water partition coefficient (Wildman–Crippen LogP) is -4.62. The molecule has 0 aromatic carbocycles. The van der Waals surface area contributed by atoms with Crippen LogP contribution in [0.3, 0.4) is 0 Å². The number of carbonyl (C=O) groups is 3. The quantitative estimate of drug-likeness (QED) is 0.0540. The smallest absolute Gasteiger partial charge is 0.364 e. The predicted molar refractivity (Wildman–Crippen MR) is 119 cm³/mol. The van der Waals surface area contributed by atoms with Gasteiger partial charge in [-0.2, -0.15) is 0 Å². The zero-order valence-corrected chi connectivity index (χ0v) is 19.8. The Kier molecular flexibility index (Phi) is 11.2. The minimum atomic E-state index is -2.56. The van der Waals surface area contributed by atoms with Crippen LogP contribution in [0, 0.1) is 12.3 Å². The van der Waals surface area contributed by atoms with Gasteiger partial charge in [0.2, 0.25) is 5.91 Å². The van der Waals surface area contributed by atoms with Crippen LogP contribution in [0.15, 0.2) is 5.16 Å². The van der Waals surface area contributed by atoms with Crippen molar-refractivity contribution in [2.75, 3.05) is 19.8 Å². The largest absolute Gasteiger partial charge is 0.477 e. The zero-order valence-electron chi connectivity index (χ0n) is 19.8. The second-order valence-electron chi connectivity index (χ2n) is 8.32. The minimum absolute atomic E-state index is 0.218. The summed E-state index contributed by atoms with van der Waals surface area (Å²) in [6.45, 7) is 0.0926. The third-order valence-corrected chi connectivity index (χ3v) is 5.51. The molecule has 9 atom stereocenters. The van der Waals surface area contributed by atoms with E-state index in [0.717, 1.165) is 13.1 Å². The van der Waals surface area contributed by atoms with Crippen molar-refractivity contribution in [2.24, 2.45) is 5.16 Å². The summed E-state index contributed by atoms with van der Waals surface area (Å²) in [5.41, 5.74) is 0. The lowest BCUT2D eigenvalue weighted by molar-refractivity contribution is -0.320. The molecular weight excluding hydrogens is 502 g/mol. The second-order valence-corrected chi connectivity index (χ2v) is 8.32. The first-order valence-electron chi connectivity index (χ1n) is 11.2. The Morgan fingerprint density at radius 3 is 2.51 bits per heavy atom. The van der Waals surface area contributed by atoms with Crippen LogP contribution in [-0.2, 0) is 33.4 Å². The molecule has 8 N–H and O–H groups in total. The molecule has 0 aromatic heterocycles. The molecule has 2 aliphatic heterocycles. The lowest BCUT2D eigenvalue weighted by Crippen LogP contribution is -2.65. The summed E-state index contributed by atoms with van der Waals surface area (Å²) in [4.78, 5) is 40.3. The van der Waals surface area contributed by atoms with E-state index in [9.17, 15) is 45.0 Å². The molecule has 9 unspecified atom stereocenters. The fourth-order valence-corrected chi connectivity index (χ4v) is 3.60. The molecule has 2 heterocycles. The van der Waals surface area contributed by atoms with Crippen molar-refractivity contribution in [2.45, 2.75) is 74.5 Å². The van der Waals surface area contributed by atoms with Crippen LogP contribution in [0.25, 0.3) is 0 Å². The highest BCUT2D eigenvalue weighted by Crippen LogP contribution is 2.32. The number of nitrogens with one attached hydrogen (secondary N) is 2. The van der Waals surface area contributed by atoms with E-state index >= 15 is 0 Å². The number of terminal acetylenes is 1. The van der Waals surface area contributed by atoms with E-state index in [0.29, 0.717) is 6.42 Å². The van der Waals surface area contributed by atoms with Gasteiger partial charge in [-0.3, -0.25) is 9.59 Å². The highest BCUT2D eigenvalue weighted by atomic mass is 16.7. The molecule has 37 heavy (non-hydrogen) atoms. The molecule has 2 amide bonds.